The molecule has 10 heteroatoms. The number of para-hydroxylation sites is 1. The number of hydrogen-bond donors (Lipinski definition) is 1. The molecule has 0 radical (unpaired) electrons. The zero-order valence-electron chi connectivity index (χ0n) is 20.6. The van der Waals surface area contributed by atoms with Gasteiger partial charge in [0.25, 0.3) is 0 Å². The van der Waals surface area contributed by atoms with Crippen molar-refractivity contribution in [1.82, 2.24) is 9.71 Å². The molecule has 7 nitrogen and oxygen atoms in total. The lowest BCUT2D eigenvalue weighted by Gasteiger charge is -2.64. The van der Waals surface area contributed by atoms with E-state index in [2.05, 4.69) is 46.4 Å². The van der Waals surface area contributed by atoms with Crippen molar-refractivity contribution < 1.29 is 22.1 Å². The van der Waals surface area contributed by atoms with Crippen molar-refractivity contribution in [3.8, 4) is 0 Å². The maximum atomic E-state index is 13.3. The molecule has 0 unspecified atom stereocenters. The molecule has 4 aliphatic rings. The minimum Gasteiger partial charge on any atom is -0.464 e. The van der Waals surface area contributed by atoms with E-state index in [-0.39, 0.29) is 17.3 Å². The maximum Gasteiger partial charge on any atom is 0.477 e. The Balaban J connectivity index is 1.30. The normalized spacial score (nSPS) is 29.7. The van der Waals surface area contributed by atoms with Gasteiger partial charge < -0.3 is 13.7 Å². The second-order valence-corrected chi connectivity index (χ2v) is 13.8. The van der Waals surface area contributed by atoms with Crippen LogP contribution in [0.25, 0.3) is 11.0 Å². The second-order valence-electron chi connectivity index (χ2n) is 11.2. The Hall–Kier alpha value is -1.72. The zero-order valence-corrected chi connectivity index (χ0v) is 23.0. The van der Waals surface area contributed by atoms with Gasteiger partial charge in [0.15, 0.2) is 0 Å². The van der Waals surface area contributed by atoms with Gasteiger partial charge in [-0.2, -0.15) is 0 Å². The van der Waals surface area contributed by atoms with Crippen LogP contribution in [-0.2, 0) is 31.5 Å². The first-order valence-corrected chi connectivity index (χ1v) is 14.9. The number of nitrogens with zero attached hydrogens (tertiary/aromatic N) is 1. The molecule has 5 atom stereocenters. The van der Waals surface area contributed by atoms with Crippen LogP contribution in [0, 0.1) is 17.3 Å². The number of nitrogens with one attached hydrogen (secondary N) is 1. The fourth-order valence-electron chi connectivity index (χ4n) is 6.69. The quantitative estimate of drug-likeness (QED) is 0.320. The summed E-state index contributed by atoms with van der Waals surface area (Å²) in [4.78, 5) is 4.30. The number of fused-ring (bicyclic) bond motifs is 1. The van der Waals surface area contributed by atoms with E-state index >= 15 is 0 Å². The summed E-state index contributed by atoms with van der Waals surface area (Å²) in [5, 5.41) is 0.959. The predicted molar refractivity (Wildman–Crippen MR) is 142 cm³/mol. The van der Waals surface area contributed by atoms with Gasteiger partial charge in [-0.25, -0.2) is 18.1 Å². The van der Waals surface area contributed by atoms with E-state index in [1.165, 1.54) is 0 Å². The second kappa shape index (κ2) is 8.66. The highest BCUT2D eigenvalue weighted by molar-refractivity contribution is 9.10. The summed E-state index contributed by atoms with van der Waals surface area (Å²) in [6.07, 6.45) is 4.11. The van der Waals surface area contributed by atoms with Crippen LogP contribution < -0.4 is 4.72 Å². The Kier molecular flexibility index (Phi) is 5.92. The number of pyridine rings is 1. The molecule has 3 aromatic rings. The largest absolute Gasteiger partial charge is 0.477 e. The predicted octanol–water partition coefficient (Wildman–Crippen LogP) is 4.89. The minimum absolute atomic E-state index is 0.0425. The van der Waals surface area contributed by atoms with Crippen molar-refractivity contribution in [3.05, 3.63) is 64.6 Å². The summed E-state index contributed by atoms with van der Waals surface area (Å²) in [7, 11) is -4.45. The van der Waals surface area contributed by atoms with Gasteiger partial charge in [-0.3, -0.25) is 0 Å². The summed E-state index contributed by atoms with van der Waals surface area (Å²) < 4.78 is 49.1. The van der Waals surface area contributed by atoms with Crippen LogP contribution in [-0.4, -0.2) is 38.2 Å². The smallest absolute Gasteiger partial charge is 0.464 e. The van der Waals surface area contributed by atoms with Crippen molar-refractivity contribution in [2.45, 2.75) is 63.4 Å². The summed E-state index contributed by atoms with van der Waals surface area (Å²) in [6.45, 7) is 6.77. The minimum atomic E-state index is -3.75. The molecule has 1 aromatic carbocycles. The number of furan rings is 1. The molecule has 2 aromatic heterocycles. The molecule has 0 amide bonds. The Labute approximate surface area is 220 Å². The van der Waals surface area contributed by atoms with Crippen LogP contribution in [0.15, 0.2) is 57.7 Å². The molecule has 3 heterocycles. The van der Waals surface area contributed by atoms with Crippen LogP contribution in [0.3, 0.4) is 0 Å². The number of aromatic nitrogens is 1. The van der Waals surface area contributed by atoms with Gasteiger partial charge >= 0.3 is 7.12 Å². The Morgan fingerprint density at radius 1 is 1.17 bits per heavy atom. The van der Waals surface area contributed by atoms with E-state index in [4.69, 9.17) is 13.7 Å². The first kappa shape index (κ1) is 24.6. The molecule has 2 bridgehead atoms. The van der Waals surface area contributed by atoms with E-state index in [1.807, 2.05) is 24.3 Å². The number of halogens is 1. The summed E-state index contributed by atoms with van der Waals surface area (Å²) in [5.74, 6) is 0.140. The highest BCUT2D eigenvalue weighted by Gasteiger charge is 2.68. The third-order valence-corrected chi connectivity index (χ3v) is 10.5. The number of benzene rings is 1. The van der Waals surface area contributed by atoms with Gasteiger partial charge in [-0.15, -0.1) is 0 Å². The molecule has 36 heavy (non-hydrogen) atoms. The molecule has 1 saturated heterocycles. The van der Waals surface area contributed by atoms with E-state index in [0.717, 1.165) is 29.4 Å². The van der Waals surface area contributed by atoms with Crippen LogP contribution in [0.1, 0.15) is 44.9 Å². The molecular weight excluding hydrogens is 543 g/mol. The van der Waals surface area contributed by atoms with Crippen molar-refractivity contribution in [2.75, 3.05) is 0 Å². The Bertz CT molecular complexity index is 1410. The standard InChI is InChI=1S/C26H30BBrN2O5S/c1-25(2)17-12-21(25)26(3)22(13-17)34-27(35-26)23(11-16-14-33-20-9-5-4-8-19(16)20)30-36(31,32)15-18-7-6-10-24(28)29-18/h4-10,14,17,21-23,30H,11-13,15H2,1-3H3/t17-,21-,22+,23-,26-/m0/s1. The van der Waals surface area contributed by atoms with Crippen LogP contribution >= 0.6 is 15.9 Å². The monoisotopic (exact) mass is 572 g/mol. The van der Waals surface area contributed by atoms with Crippen molar-refractivity contribution >= 4 is 44.0 Å². The van der Waals surface area contributed by atoms with Gasteiger partial charge in [-0.1, -0.05) is 38.1 Å². The molecule has 190 valence electrons. The third kappa shape index (κ3) is 4.15. The van der Waals surface area contributed by atoms with Gasteiger partial charge in [-0.05, 0) is 83.1 Å². The topological polar surface area (TPSA) is 90.7 Å². The van der Waals surface area contributed by atoms with E-state index in [1.54, 1.807) is 24.5 Å². The molecule has 1 N–H and O–H groups in total. The van der Waals surface area contributed by atoms with Crippen LogP contribution in [0.2, 0.25) is 0 Å². The zero-order chi connectivity index (χ0) is 25.3. The van der Waals surface area contributed by atoms with Crippen LogP contribution in [0.4, 0.5) is 0 Å². The molecule has 3 aliphatic carbocycles. The van der Waals surface area contributed by atoms with Crippen molar-refractivity contribution in [2.24, 2.45) is 17.3 Å². The molecule has 0 spiro atoms. The first-order valence-electron chi connectivity index (χ1n) is 12.4. The van der Waals surface area contributed by atoms with Crippen molar-refractivity contribution in [1.29, 1.82) is 0 Å². The lowest BCUT2D eigenvalue weighted by molar-refractivity contribution is -0.199. The number of sulfonamides is 1. The summed E-state index contributed by atoms with van der Waals surface area (Å²) in [5.41, 5.74) is 1.91. The number of rotatable bonds is 7. The highest BCUT2D eigenvalue weighted by atomic mass is 79.9. The number of hydrogen-bond acceptors (Lipinski definition) is 6. The molecule has 4 fully saturated rings. The molecule has 7 rings (SSSR count). The molecular formula is C26H30BBrN2O5S. The first-order chi connectivity index (χ1) is 17.0. The van der Waals surface area contributed by atoms with Gasteiger partial charge in [0.2, 0.25) is 10.0 Å². The van der Waals surface area contributed by atoms with Gasteiger partial charge in [0.05, 0.1) is 29.6 Å². The van der Waals surface area contributed by atoms with Gasteiger partial charge in [0, 0.05) is 5.39 Å². The van der Waals surface area contributed by atoms with Gasteiger partial charge in [0.1, 0.15) is 15.9 Å². The lowest BCUT2D eigenvalue weighted by atomic mass is 9.43. The average Bonchev–Trinajstić information content (AvgIpc) is 3.38. The molecule has 1 aliphatic heterocycles. The highest BCUT2D eigenvalue weighted by Crippen LogP contribution is 2.65. The average molecular weight is 573 g/mol. The maximum absolute atomic E-state index is 13.3. The molecule has 3 saturated carbocycles. The summed E-state index contributed by atoms with van der Waals surface area (Å²) in [6, 6.07) is 13.0. The summed E-state index contributed by atoms with van der Waals surface area (Å²) >= 11 is 3.32. The Morgan fingerprint density at radius 3 is 2.75 bits per heavy atom. The third-order valence-electron chi connectivity index (χ3n) is 8.74. The van der Waals surface area contributed by atoms with E-state index < -0.39 is 28.7 Å². The van der Waals surface area contributed by atoms with Crippen molar-refractivity contribution in [3.63, 3.8) is 0 Å². The Morgan fingerprint density at radius 2 is 1.97 bits per heavy atom. The van der Waals surface area contributed by atoms with Crippen LogP contribution in [0.5, 0.6) is 0 Å². The fourth-order valence-corrected chi connectivity index (χ4v) is 8.36. The fraction of sp³-hybridized carbons (Fsp3) is 0.500. The van der Waals surface area contributed by atoms with E-state index in [9.17, 15) is 8.42 Å². The SMILES string of the molecule is CC1(C)[C@@H]2C[C@H]3OB([C@H](Cc4coc5ccccc45)NS(=O)(=O)Cc4cccc(Br)n4)O[C@@]3(C)[C@H]1C2. The van der Waals surface area contributed by atoms with E-state index in [0.29, 0.717) is 28.6 Å². The lowest BCUT2D eigenvalue weighted by Crippen LogP contribution is -2.65.